The van der Waals surface area contributed by atoms with E-state index in [0.717, 1.165) is 85.3 Å². The van der Waals surface area contributed by atoms with Gasteiger partial charge in [0.1, 0.15) is 17.2 Å². The fraction of sp³-hybridized carbons (Fsp3) is 0.197. The van der Waals surface area contributed by atoms with Crippen LogP contribution in [0, 0.1) is 25.2 Å². The van der Waals surface area contributed by atoms with Crippen LogP contribution in [0.4, 0.5) is 45.5 Å². The SMILES string of the molecule is CCC(C)N1c2c(C)cc(-c3ccccc3)cc2C2(C)OC34c5c(c(C#N)c(N6c7ccc(C)cc7C(C)(C)c7cc(-c8ccccc8)ccc76)c1c52)N1c2ccc(-c5ccccc5)cc2C(C)(C)c2cc(-c5ccccc5)c3c4c21. The van der Waals surface area contributed by atoms with Crippen LogP contribution in [0.1, 0.15) is 122 Å². The largest absolute Gasteiger partial charge is 0.345 e. The van der Waals surface area contributed by atoms with Crippen molar-refractivity contribution in [3.63, 3.8) is 0 Å². The summed E-state index contributed by atoms with van der Waals surface area (Å²) in [5, 5.41) is 12.9. The Morgan fingerprint density at radius 1 is 0.444 bits per heavy atom. The van der Waals surface area contributed by atoms with Gasteiger partial charge in [-0.05, 0) is 155 Å². The van der Waals surface area contributed by atoms with Gasteiger partial charge < -0.3 is 19.4 Å². The third-order valence-corrected chi connectivity index (χ3v) is 19.6. The van der Waals surface area contributed by atoms with Crippen molar-refractivity contribution < 1.29 is 4.74 Å². The van der Waals surface area contributed by atoms with Crippen LogP contribution in [0.15, 0.2) is 194 Å². The molecular weight excluding hydrogens is 985 g/mol. The predicted octanol–water partition coefficient (Wildman–Crippen LogP) is 19.5. The molecule has 5 heterocycles. The van der Waals surface area contributed by atoms with Crippen molar-refractivity contribution in [2.24, 2.45) is 0 Å². The third kappa shape index (κ3) is 6.08. The highest BCUT2D eigenvalue weighted by molar-refractivity contribution is 6.12. The van der Waals surface area contributed by atoms with E-state index in [1.807, 2.05) is 0 Å². The van der Waals surface area contributed by atoms with Gasteiger partial charge in [-0.15, -0.1) is 0 Å². The minimum absolute atomic E-state index is 0.0181. The Bertz CT molecular complexity index is 4440. The summed E-state index contributed by atoms with van der Waals surface area (Å²) in [6.07, 6.45) is 0.865. The number of nitrogens with zero attached hydrogens (tertiary/aromatic N) is 4. The average molecular weight is 1050 g/mol. The van der Waals surface area contributed by atoms with Gasteiger partial charge in [-0.3, -0.25) is 0 Å². The summed E-state index contributed by atoms with van der Waals surface area (Å²) in [5.41, 5.74) is 28.6. The molecule has 5 nitrogen and oxygen atoms in total. The molecule has 10 aromatic rings. The van der Waals surface area contributed by atoms with Gasteiger partial charge in [0.25, 0.3) is 0 Å². The molecule has 1 spiro atoms. The molecule has 3 atom stereocenters. The zero-order valence-electron chi connectivity index (χ0n) is 47.5. The van der Waals surface area contributed by atoms with Crippen molar-refractivity contribution in [3.05, 3.63) is 261 Å². The molecule has 0 saturated carbocycles. The predicted molar refractivity (Wildman–Crippen MR) is 332 cm³/mol. The number of benzene rings is 10. The van der Waals surface area contributed by atoms with Crippen molar-refractivity contribution in [2.45, 2.75) is 96.8 Å². The molecule has 0 aromatic heterocycles. The van der Waals surface area contributed by atoms with Gasteiger partial charge in [-0.2, -0.15) is 5.26 Å². The monoisotopic (exact) mass is 1050 g/mol. The summed E-state index contributed by atoms with van der Waals surface area (Å²) in [6.45, 7) is 21.1. The Hall–Kier alpha value is -8.95. The molecule has 1 aliphatic carbocycles. The Morgan fingerprint density at radius 3 is 1.51 bits per heavy atom. The lowest BCUT2D eigenvalue weighted by molar-refractivity contribution is -0.0417. The zero-order chi connectivity index (χ0) is 55.2. The summed E-state index contributed by atoms with van der Waals surface area (Å²) in [4.78, 5) is 7.69. The highest BCUT2D eigenvalue weighted by atomic mass is 16.5. The van der Waals surface area contributed by atoms with Gasteiger partial charge in [0.2, 0.25) is 0 Å². The number of hydrogen-bond acceptors (Lipinski definition) is 5. The van der Waals surface area contributed by atoms with Crippen molar-refractivity contribution >= 4 is 45.5 Å². The first kappa shape index (κ1) is 48.0. The molecule has 0 amide bonds. The van der Waals surface area contributed by atoms with E-state index in [1.54, 1.807) is 0 Å². The van der Waals surface area contributed by atoms with Gasteiger partial charge >= 0.3 is 0 Å². The smallest absolute Gasteiger partial charge is 0.151 e. The average Bonchev–Trinajstić information content (AvgIpc) is 1.56. The van der Waals surface area contributed by atoms with E-state index in [2.05, 4.69) is 277 Å². The minimum atomic E-state index is -0.994. The van der Waals surface area contributed by atoms with Crippen molar-refractivity contribution in [1.82, 2.24) is 0 Å². The van der Waals surface area contributed by atoms with Crippen LogP contribution in [0.5, 0.6) is 0 Å². The maximum Gasteiger partial charge on any atom is 0.151 e. The van der Waals surface area contributed by atoms with E-state index < -0.39 is 22.0 Å². The van der Waals surface area contributed by atoms with Crippen LogP contribution in [0.2, 0.25) is 0 Å². The summed E-state index contributed by atoms with van der Waals surface area (Å²) in [7, 11) is 0. The van der Waals surface area contributed by atoms with Gasteiger partial charge in [0, 0.05) is 44.7 Å². The van der Waals surface area contributed by atoms with Gasteiger partial charge in [-0.25, -0.2) is 0 Å². The summed E-state index contributed by atoms with van der Waals surface area (Å²) >= 11 is 0. The number of aryl methyl sites for hydroxylation is 2. The Kier molecular flexibility index (Phi) is 9.69. The Labute approximate surface area is 476 Å². The third-order valence-electron chi connectivity index (χ3n) is 19.6. The fourth-order valence-electron chi connectivity index (χ4n) is 15.5. The van der Waals surface area contributed by atoms with Crippen LogP contribution < -0.4 is 14.7 Å². The van der Waals surface area contributed by atoms with Crippen LogP contribution in [-0.2, 0) is 26.8 Å². The van der Waals surface area contributed by atoms with E-state index in [4.69, 9.17) is 4.74 Å². The van der Waals surface area contributed by atoms with E-state index in [9.17, 15) is 5.26 Å². The van der Waals surface area contributed by atoms with Crippen molar-refractivity contribution in [3.8, 4) is 50.6 Å². The molecule has 5 heteroatoms. The number of anilines is 8. The standard InChI is InChI=1S/C76H62N4O/c1-10-46(4)78-68-45(3)38-53(49-27-19-13-20-28-49)41-60(68)75(9)65-67-69(55(43-77)70(72(65)78)79-61-34-31-44(2)37-56(61)73(5,6)57-39-51(32-35-62(57)79)47-23-15-11-16-24-47)80-63-36-33-52(48-25-17-12-18-26-48)40-58(63)74(7,8)59-42-54(50-29-21-14-22-30-50)64-66(71(59)80)76(64,67)81-75/h11-42,46H,10H2,1-9H3. The van der Waals surface area contributed by atoms with Gasteiger partial charge in [0.15, 0.2) is 5.60 Å². The maximum absolute atomic E-state index is 12.9. The van der Waals surface area contributed by atoms with E-state index in [0.29, 0.717) is 5.56 Å². The second kappa shape index (κ2) is 16.3. The second-order valence-electron chi connectivity index (χ2n) is 24.9. The molecule has 81 heavy (non-hydrogen) atoms. The summed E-state index contributed by atoms with van der Waals surface area (Å²) in [6, 6.07) is 74.8. The Morgan fingerprint density at radius 2 is 0.938 bits per heavy atom. The minimum Gasteiger partial charge on any atom is -0.345 e. The first-order valence-electron chi connectivity index (χ1n) is 29.0. The highest BCUT2D eigenvalue weighted by Gasteiger charge is 2.73. The molecule has 10 aromatic carbocycles. The topological polar surface area (TPSA) is 42.7 Å². The van der Waals surface area contributed by atoms with E-state index in [1.165, 1.54) is 72.3 Å². The van der Waals surface area contributed by atoms with Crippen LogP contribution in [-0.4, -0.2) is 6.04 Å². The normalized spacial score (nSPS) is 19.3. The first-order valence-corrected chi connectivity index (χ1v) is 29.0. The number of hydrogen-bond donors (Lipinski definition) is 0. The van der Waals surface area contributed by atoms with E-state index in [-0.39, 0.29) is 6.04 Å². The fourth-order valence-corrected chi connectivity index (χ4v) is 15.5. The molecule has 392 valence electrons. The lowest BCUT2D eigenvalue weighted by Gasteiger charge is -2.49. The highest BCUT2D eigenvalue weighted by Crippen LogP contribution is 2.81. The number of rotatable bonds is 7. The molecule has 0 bridgehead atoms. The molecule has 0 radical (unpaired) electrons. The maximum atomic E-state index is 12.9. The van der Waals surface area contributed by atoms with Crippen LogP contribution in [0.25, 0.3) is 44.5 Å². The lowest BCUT2D eigenvalue weighted by Crippen LogP contribution is -2.41. The first-order chi connectivity index (χ1) is 39.2. The molecule has 6 aliphatic rings. The van der Waals surface area contributed by atoms with Crippen molar-refractivity contribution in [2.75, 3.05) is 14.7 Å². The van der Waals surface area contributed by atoms with E-state index >= 15 is 0 Å². The van der Waals surface area contributed by atoms with Crippen LogP contribution >= 0.6 is 0 Å². The molecule has 16 rings (SSSR count). The van der Waals surface area contributed by atoms with Gasteiger partial charge in [0.05, 0.1) is 45.5 Å². The summed E-state index contributed by atoms with van der Waals surface area (Å²) in [5.74, 6) is 0. The molecule has 3 unspecified atom stereocenters. The molecule has 5 aliphatic heterocycles. The van der Waals surface area contributed by atoms with Gasteiger partial charge in [-0.1, -0.05) is 186 Å². The number of nitriles is 1. The number of ether oxygens (including phenoxy) is 1. The van der Waals surface area contributed by atoms with Crippen LogP contribution in [0.3, 0.4) is 0 Å². The van der Waals surface area contributed by atoms with Crippen molar-refractivity contribution in [1.29, 1.82) is 5.26 Å². The molecule has 0 saturated heterocycles. The Balaban J connectivity index is 1.10. The quantitative estimate of drug-likeness (QED) is 0.159. The molecule has 0 fully saturated rings. The molecular formula is C76H62N4O. The molecule has 0 N–H and O–H groups in total. The second-order valence-corrected chi connectivity index (χ2v) is 24.9. The zero-order valence-corrected chi connectivity index (χ0v) is 47.5. The summed E-state index contributed by atoms with van der Waals surface area (Å²) < 4.78 is 8.51. The number of fused-ring (bicyclic) bond motifs is 7. The lowest BCUT2D eigenvalue weighted by atomic mass is 9.70.